The van der Waals surface area contributed by atoms with Gasteiger partial charge in [0.15, 0.2) is 0 Å². The van der Waals surface area contributed by atoms with Crippen molar-refractivity contribution in [1.82, 2.24) is 4.90 Å². The van der Waals surface area contributed by atoms with Gasteiger partial charge in [0.05, 0.1) is 18.1 Å². The topological polar surface area (TPSA) is 47.3 Å². The van der Waals surface area contributed by atoms with Crippen LogP contribution in [0.3, 0.4) is 0 Å². The van der Waals surface area contributed by atoms with Gasteiger partial charge in [-0.15, -0.1) is 0 Å². The minimum absolute atomic E-state index is 0.182. The third kappa shape index (κ3) is 3.21. The van der Waals surface area contributed by atoms with Crippen LogP contribution in [0, 0.1) is 17.2 Å². The molecule has 70 valence electrons. The lowest BCUT2D eigenvalue weighted by molar-refractivity contribution is 0.0610. The average Bonchev–Trinajstić information content (AvgIpc) is 2.13. The predicted molar refractivity (Wildman–Crippen MR) is 48.6 cm³/mol. The van der Waals surface area contributed by atoms with Crippen LogP contribution in [0.5, 0.6) is 0 Å². The Kier molecular flexibility index (Phi) is 5.69. The molecule has 1 rings (SSSR count). The summed E-state index contributed by atoms with van der Waals surface area (Å²) in [5.74, 6) is -0.182. The number of aliphatic hydroxyl groups excluding tert-OH is 1. The Bertz CT molecular complexity index is 153. The Hall–Kier alpha value is -0.590. The smallest absolute Gasteiger partial charge is 0.0849 e. The van der Waals surface area contributed by atoms with Crippen LogP contribution in [-0.4, -0.2) is 36.2 Å². The van der Waals surface area contributed by atoms with Crippen molar-refractivity contribution in [3.63, 3.8) is 0 Å². The number of aliphatic hydroxyl groups is 1. The fourth-order valence-corrected chi connectivity index (χ4v) is 1.23. The van der Waals surface area contributed by atoms with Crippen LogP contribution in [-0.2, 0) is 0 Å². The van der Waals surface area contributed by atoms with Crippen molar-refractivity contribution in [2.75, 3.05) is 20.1 Å². The maximum Gasteiger partial charge on any atom is 0.0849 e. The number of rotatable bonds is 0. The molecule has 0 aromatic carbocycles. The minimum Gasteiger partial charge on any atom is -0.392 e. The summed E-state index contributed by atoms with van der Waals surface area (Å²) in [6, 6.07) is 2.09. The molecular weight excluding hydrogens is 152 g/mol. The molecule has 1 saturated heterocycles. The van der Waals surface area contributed by atoms with E-state index in [0.29, 0.717) is 6.54 Å². The highest BCUT2D eigenvalue weighted by atomic mass is 16.3. The van der Waals surface area contributed by atoms with Gasteiger partial charge in [0, 0.05) is 13.1 Å². The summed E-state index contributed by atoms with van der Waals surface area (Å²) < 4.78 is 0. The van der Waals surface area contributed by atoms with Gasteiger partial charge in [-0.3, -0.25) is 0 Å². The van der Waals surface area contributed by atoms with Crippen molar-refractivity contribution in [3.05, 3.63) is 0 Å². The second-order valence-corrected chi connectivity index (χ2v) is 2.85. The van der Waals surface area contributed by atoms with E-state index in [-0.39, 0.29) is 5.92 Å². The molecule has 0 aliphatic carbocycles. The van der Waals surface area contributed by atoms with Gasteiger partial charge in [0.25, 0.3) is 0 Å². The van der Waals surface area contributed by atoms with Crippen LogP contribution in [0.4, 0.5) is 0 Å². The molecule has 1 heterocycles. The number of hydrogen-bond donors (Lipinski definition) is 1. The van der Waals surface area contributed by atoms with E-state index in [0.717, 1.165) is 13.0 Å². The van der Waals surface area contributed by atoms with Crippen LogP contribution in [0.25, 0.3) is 0 Å². The van der Waals surface area contributed by atoms with Gasteiger partial charge < -0.3 is 10.0 Å². The second-order valence-electron chi connectivity index (χ2n) is 2.85. The highest BCUT2D eigenvalue weighted by Crippen LogP contribution is 2.14. The monoisotopic (exact) mass is 170 g/mol. The highest BCUT2D eigenvalue weighted by Gasteiger charge is 2.25. The average molecular weight is 170 g/mol. The number of nitrogens with zero attached hydrogens (tertiary/aromatic N) is 2. The van der Waals surface area contributed by atoms with Gasteiger partial charge in [-0.1, -0.05) is 13.8 Å². The number of nitriles is 1. The summed E-state index contributed by atoms with van der Waals surface area (Å²) >= 11 is 0. The Balaban J connectivity index is 0.000000561. The van der Waals surface area contributed by atoms with Crippen LogP contribution in [0.1, 0.15) is 20.3 Å². The van der Waals surface area contributed by atoms with Gasteiger partial charge in [0.1, 0.15) is 0 Å². The van der Waals surface area contributed by atoms with Crippen LogP contribution in [0.2, 0.25) is 0 Å². The first-order chi connectivity index (χ1) is 5.74. The first kappa shape index (κ1) is 11.4. The van der Waals surface area contributed by atoms with E-state index < -0.39 is 6.10 Å². The normalized spacial score (nSPS) is 29.9. The molecule has 3 nitrogen and oxygen atoms in total. The van der Waals surface area contributed by atoms with Crippen molar-refractivity contribution >= 4 is 0 Å². The molecule has 0 aromatic rings. The Morgan fingerprint density at radius 3 is 2.50 bits per heavy atom. The molecular formula is C9H18N2O. The highest BCUT2D eigenvalue weighted by molar-refractivity contribution is 4.93. The van der Waals surface area contributed by atoms with E-state index in [2.05, 4.69) is 11.0 Å². The fraction of sp³-hybridized carbons (Fsp3) is 0.889. The SMILES string of the molecule is CC.CN1CCC(O)C(C#N)C1. The van der Waals surface area contributed by atoms with E-state index in [1.165, 1.54) is 0 Å². The molecule has 3 heteroatoms. The molecule has 1 aliphatic rings. The van der Waals surface area contributed by atoms with Crippen molar-refractivity contribution < 1.29 is 5.11 Å². The van der Waals surface area contributed by atoms with E-state index in [1.807, 2.05) is 20.9 Å². The van der Waals surface area contributed by atoms with E-state index in [9.17, 15) is 5.11 Å². The summed E-state index contributed by atoms with van der Waals surface area (Å²) in [4.78, 5) is 2.07. The summed E-state index contributed by atoms with van der Waals surface area (Å²) in [5, 5.41) is 17.8. The summed E-state index contributed by atoms with van der Waals surface area (Å²) in [7, 11) is 1.97. The molecule has 1 aliphatic heterocycles. The molecule has 1 fully saturated rings. The quantitative estimate of drug-likeness (QED) is 0.586. The van der Waals surface area contributed by atoms with Gasteiger partial charge in [-0.25, -0.2) is 0 Å². The van der Waals surface area contributed by atoms with Gasteiger partial charge in [-0.05, 0) is 13.5 Å². The molecule has 0 spiro atoms. The zero-order valence-electron chi connectivity index (χ0n) is 8.12. The molecule has 0 saturated carbocycles. The first-order valence-corrected chi connectivity index (χ1v) is 4.50. The van der Waals surface area contributed by atoms with Gasteiger partial charge >= 0.3 is 0 Å². The zero-order chi connectivity index (χ0) is 9.56. The third-order valence-electron chi connectivity index (χ3n) is 1.95. The van der Waals surface area contributed by atoms with Crippen molar-refractivity contribution in [1.29, 1.82) is 5.26 Å². The Labute approximate surface area is 74.6 Å². The van der Waals surface area contributed by atoms with Crippen LogP contribution in [0.15, 0.2) is 0 Å². The summed E-state index contributed by atoms with van der Waals surface area (Å²) in [6.45, 7) is 5.61. The third-order valence-corrected chi connectivity index (χ3v) is 1.95. The van der Waals surface area contributed by atoms with Crippen LogP contribution >= 0.6 is 0 Å². The first-order valence-electron chi connectivity index (χ1n) is 4.50. The van der Waals surface area contributed by atoms with Gasteiger partial charge in [0.2, 0.25) is 0 Å². The maximum atomic E-state index is 9.24. The Morgan fingerprint density at radius 1 is 1.50 bits per heavy atom. The number of piperidine rings is 1. The molecule has 0 bridgehead atoms. The lowest BCUT2D eigenvalue weighted by Gasteiger charge is -2.29. The largest absolute Gasteiger partial charge is 0.392 e. The summed E-state index contributed by atoms with van der Waals surface area (Å²) in [5.41, 5.74) is 0. The summed E-state index contributed by atoms with van der Waals surface area (Å²) in [6.07, 6.45) is 0.329. The minimum atomic E-state index is -0.402. The molecule has 0 amide bonds. The van der Waals surface area contributed by atoms with E-state index >= 15 is 0 Å². The molecule has 1 N–H and O–H groups in total. The fourth-order valence-electron chi connectivity index (χ4n) is 1.23. The predicted octanol–water partition coefficient (Wildman–Crippen LogP) is 0.849. The van der Waals surface area contributed by atoms with E-state index in [1.54, 1.807) is 0 Å². The maximum absolute atomic E-state index is 9.24. The standard InChI is InChI=1S/C7H12N2O.C2H6/c1-9-3-2-7(10)6(4-8)5-9;1-2/h6-7,10H,2-3,5H2,1H3;1-2H3. The lowest BCUT2D eigenvalue weighted by atomic mass is 9.97. The number of likely N-dealkylation sites (tertiary alicyclic amines) is 1. The number of hydrogen-bond acceptors (Lipinski definition) is 3. The van der Waals surface area contributed by atoms with E-state index in [4.69, 9.17) is 5.26 Å². The zero-order valence-corrected chi connectivity index (χ0v) is 8.12. The Morgan fingerprint density at radius 2 is 2.08 bits per heavy atom. The molecule has 0 radical (unpaired) electrons. The van der Waals surface area contributed by atoms with Gasteiger partial charge in [-0.2, -0.15) is 5.26 Å². The second kappa shape index (κ2) is 5.99. The molecule has 12 heavy (non-hydrogen) atoms. The van der Waals surface area contributed by atoms with Crippen molar-refractivity contribution in [3.8, 4) is 6.07 Å². The van der Waals surface area contributed by atoms with Crippen molar-refractivity contribution in [2.45, 2.75) is 26.4 Å². The molecule has 2 unspecified atom stereocenters. The van der Waals surface area contributed by atoms with Crippen LogP contribution < -0.4 is 0 Å². The van der Waals surface area contributed by atoms with Crippen molar-refractivity contribution in [2.24, 2.45) is 5.92 Å². The molecule has 2 atom stereocenters. The molecule has 0 aromatic heterocycles. The lowest BCUT2D eigenvalue weighted by Crippen LogP contribution is -2.40.